The number of carboxylic acid groups (broad SMARTS) is 1. The van der Waals surface area contributed by atoms with Crippen molar-refractivity contribution in [2.24, 2.45) is 0 Å². The zero-order valence-corrected chi connectivity index (χ0v) is 12.6. The molecule has 1 atom stereocenters. The van der Waals surface area contributed by atoms with E-state index in [-0.39, 0.29) is 12.5 Å². The number of amides is 1. The van der Waals surface area contributed by atoms with Gasteiger partial charge in [0.1, 0.15) is 0 Å². The summed E-state index contributed by atoms with van der Waals surface area (Å²) in [5, 5.41) is 11.3. The first kappa shape index (κ1) is 17.2. The van der Waals surface area contributed by atoms with Crippen LogP contribution in [0.25, 0.3) is 0 Å². The standard InChI is InChI=1S/C16H23NO4/c1-12-6-8-14(9-7-12)4-3-5-15(18)17-10-11-21-13(2)16(19)20/h6-9,13H,3-5,10-11H2,1-2H3,(H,17,18)(H,19,20). The summed E-state index contributed by atoms with van der Waals surface area (Å²) >= 11 is 0. The van der Waals surface area contributed by atoms with E-state index < -0.39 is 12.1 Å². The molecule has 1 unspecified atom stereocenters. The predicted molar refractivity (Wildman–Crippen MR) is 80.2 cm³/mol. The fourth-order valence-corrected chi connectivity index (χ4v) is 1.79. The molecule has 21 heavy (non-hydrogen) atoms. The largest absolute Gasteiger partial charge is 0.479 e. The molecule has 0 aliphatic heterocycles. The third-order valence-corrected chi connectivity index (χ3v) is 3.13. The van der Waals surface area contributed by atoms with Crippen LogP contribution in [0.15, 0.2) is 24.3 Å². The van der Waals surface area contributed by atoms with E-state index in [4.69, 9.17) is 9.84 Å². The summed E-state index contributed by atoms with van der Waals surface area (Å²) in [5.41, 5.74) is 2.46. The highest BCUT2D eigenvalue weighted by Crippen LogP contribution is 2.07. The lowest BCUT2D eigenvalue weighted by Crippen LogP contribution is -2.30. The predicted octanol–water partition coefficient (Wildman–Crippen LogP) is 1.92. The summed E-state index contributed by atoms with van der Waals surface area (Å²) in [6.07, 6.45) is 1.28. The molecule has 0 aliphatic carbocycles. The van der Waals surface area contributed by atoms with Crippen molar-refractivity contribution in [3.8, 4) is 0 Å². The smallest absolute Gasteiger partial charge is 0.332 e. The maximum atomic E-state index is 11.6. The third-order valence-electron chi connectivity index (χ3n) is 3.13. The Labute approximate surface area is 125 Å². The van der Waals surface area contributed by atoms with Crippen LogP contribution in [0.3, 0.4) is 0 Å². The van der Waals surface area contributed by atoms with Crippen LogP contribution in [0.1, 0.15) is 30.9 Å². The minimum atomic E-state index is -1.00. The van der Waals surface area contributed by atoms with Crippen LogP contribution in [0.2, 0.25) is 0 Å². The van der Waals surface area contributed by atoms with Gasteiger partial charge in [0.2, 0.25) is 5.91 Å². The number of carboxylic acids is 1. The molecular weight excluding hydrogens is 270 g/mol. The molecule has 1 amide bonds. The van der Waals surface area contributed by atoms with Crippen molar-refractivity contribution in [3.63, 3.8) is 0 Å². The first-order chi connectivity index (χ1) is 9.99. The van der Waals surface area contributed by atoms with E-state index in [1.165, 1.54) is 18.1 Å². The molecule has 0 aromatic heterocycles. The Balaban J connectivity index is 2.09. The van der Waals surface area contributed by atoms with Gasteiger partial charge in [-0.1, -0.05) is 29.8 Å². The van der Waals surface area contributed by atoms with Gasteiger partial charge in [0.15, 0.2) is 6.10 Å². The van der Waals surface area contributed by atoms with E-state index in [9.17, 15) is 9.59 Å². The van der Waals surface area contributed by atoms with E-state index >= 15 is 0 Å². The average molecular weight is 293 g/mol. The normalized spacial score (nSPS) is 11.9. The van der Waals surface area contributed by atoms with Crippen molar-refractivity contribution in [3.05, 3.63) is 35.4 Å². The van der Waals surface area contributed by atoms with Crippen molar-refractivity contribution in [1.82, 2.24) is 5.32 Å². The molecule has 0 saturated carbocycles. The zero-order chi connectivity index (χ0) is 15.7. The van der Waals surface area contributed by atoms with Crippen molar-refractivity contribution in [1.29, 1.82) is 0 Å². The molecular formula is C16H23NO4. The Hall–Kier alpha value is -1.88. The maximum Gasteiger partial charge on any atom is 0.332 e. The van der Waals surface area contributed by atoms with Crippen LogP contribution < -0.4 is 5.32 Å². The highest BCUT2D eigenvalue weighted by Gasteiger charge is 2.10. The third kappa shape index (κ3) is 7.46. The van der Waals surface area contributed by atoms with E-state index in [1.807, 2.05) is 6.92 Å². The number of hydrogen-bond acceptors (Lipinski definition) is 3. The molecule has 5 heteroatoms. The van der Waals surface area contributed by atoms with Gasteiger partial charge >= 0.3 is 5.97 Å². The highest BCUT2D eigenvalue weighted by atomic mass is 16.5. The lowest BCUT2D eigenvalue weighted by Gasteiger charge is -2.09. The van der Waals surface area contributed by atoms with Crippen LogP contribution in [0.5, 0.6) is 0 Å². The van der Waals surface area contributed by atoms with Crippen molar-refractivity contribution in [2.75, 3.05) is 13.2 Å². The second-order valence-electron chi connectivity index (χ2n) is 5.04. The summed E-state index contributed by atoms with van der Waals surface area (Å²) in [5.74, 6) is -1.03. The minimum absolute atomic E-state index is 0.0336. The molecule has 1 rings (SSSR count). The molecule has 0 spiro atoms. The topological polar surface area (TPSA) is 75.6 Å². The quantitative estimate of drug-likeness (QED) is 0.682. The summed E-state index contributed by atoms with van der Waals surface area (Å²) in [4.78, 5) is 22.1. The molecule has 0 radical (unpaired) electrons. The average Bonchev–Trinajstić information content (AvgIpc) is 2.45. The fraction of sp³-hybridized carbons (Fsp3) is 0.500. The summed E-state index contributed by atoms with van der Waals surface area (Å²) in [6, 6.07) is 8.29. The number of ether oxygens (including phenoxy) is 1. The Bertz CT molecular complexity index is 456. The van der Waals surface area contributed by atoms with Crippen LogP contribution >= 0.6 is 0 Å². The molecule has 116 valence electrons. The fourth-order valence-electron chi connectivity index (χ4n) is 1.79. The maximum absolute atomic E-state index is 11.6. The first-order valence-electron chi connectivity index (χ1n) is 7.15. The number of aryl methyl sites for hydroxylation is 2. The van der Waals surface area contributed by atoms with Gasteiger partial charge in [-0.2, -0.15) is 0 Å². The van der Waals surface area contributed by atoms with Gasteiger partial charge in [0.25, 0.3) is 0 Å². The molecule has 1 aromatic rings. The van der Waals surface area contributed by atoms with E-state index in [1.54, 1.807) is 0 Å². The summed E-state index contributed by atoms with van der Waals surface area (Å²) in [7, 11) is 0. The van der Waals surface area contributed by atoms with Gasteiger partial charge < -0.3 is 15.2 Å². The highest BCUT2D eigenvalue weighted by molar-refractivity contribution is 5.75. The number of nitrogens with one attached hydrogen (secondary N) is 1. The molecule has 0 bridgehead atoms. The Morgan fingerprint density at radius 1 is 1.29 bits per heavy atom. The lowest BCUT2D eigenvalue weighted by atomic mass is 10.1. The van der Waals surface area contributed by atoms with E-state index in [2.05, 4.69) is 29.6 Å². The first-order valence-corrected chi connectivity index (χ1v) is 7.15. The van der Waals surface area contributed by atoms with Crippen molar-refractivity contribution >= 4 is 11.9 Å². The Kier molecular flexibility index (Phi) is 7.46. The van der Waals surface area contributed by atoms with Crippen LogP contribution in [0.4, 0.5) is 0 Å². The molecule has 0 fully saturated rings. The summed E-state index contributed by atoms with van der Waals surface area (Å²) < 4.78 is 5.02. The summed E-state index contributed by atoms with van der Waals surface area (Å²) in [6.45, 7) is 4.05. The number of carbonyl (C=O) groups is 2. The Morgan fingerprint density at radius 2 is 1.95 bits per heavy atom. The van der Waals surface area contributed by atoms with Gasteiger partial charge in [0.05, 0.1) is 6.61 Å². The number of hydrogen-bond donors (Lipinski definition) is 2. The second kappa shape index (κ2) is 9.13. The number of benzene rings is 1. The van der Waals surface area contributed by atoms with Crippen LogP contribution in [0, 0.1) is 6.92 Å². The lowest BCUT2D eigenvalue weighted by molar-refractivity contribution is -0.148. The molecule has 0 saturated heterocycles. The molecule has 2 N–H and O–H groups in total. The molecule has 1 aromatic carbocycles. The van der Waals surface area contributed by atoms with Gasteiger partial charge in [0, 0.05) is 13.0 Å². The molecule has 0 aliphatic rings. The van der Waals surface area contributed by atoms with Crippen molar-refractivity contribution in [2.45, 2.75) is 39.2 Å². The van der Waals surface area contributed by atoms with Crippen molar-refractivity contribution < 1.29 is 19.4 Å². The van der Waals surface area contributed by atoms with E-state index in [0.717, 1.165) is 12.8 Å². The van der Waals surface area contributed by atoms with E-state index in [0.29, 0.717) is 13.0 Å². The van der Waals surface area contributed by atoms with Crippen LogP contribution in [-0.2, 0) is 20.7 Å². The van der Waals surface area contributed by atoms with Crippen LogP contribution in [-0.4, -0.2) is 36.2 Å². The SMILES string of the molecule is Cc1ccc(CCCC(=O)NCCOC(C)C(=O)O)cc1. The van der Waals surface area contributed by atoms with Gasteiger partial charge in [-0.3, -0.25) is 4.79 Å². The number of rotatable bonds is 9. The van der Waals surface area contributed by atoms with Gasteiger partial charge in [-0.15, -0.1) is 0 Å². The Morgan fingerprint density at radius 3 is 2.57 bits per heavy atom. The van der Waals surface area contributed by atoms with Gasteiger partial charge in [-0.25, -0.2) is 4.79 Å². The van der Waals surface area contributed by atoms with Gasteiger partial charge in [-0.05, 0) is 32.3 Å². The molecule has 0 heterocycles. The minimum Gasteiger partial charge on any atom is -0.479 e. The monoisotopic (exact) mass is 293 g/mol. The molecule has 5 nitrogen and oxygen atoms in total. The number of carbonyl (C=O) groups excluding carboxylic acids is 1. The second-order valence-corrected chi connectivity index (χ2v) is 5.04. The zero-order valence-electron chi connectivity index (χ0n) is 12.6. The number of aliphatic carboxylic acids is 1.